The Kier molecular flexibility index (Phi) is 3.12. The smallest absolute Gasteiger partial charge is 0.180 e. The minimum atomic E-state index is 0.0718. The van der Waals surface area contributed by atoms with Crippen LogP contribution < -0.4 is 15.2 Å². The average molecular weight is 268 g/mol. The van der Waals surface area contributed by atoms with Crippen molar-refractivity contribution < 1.29 is 9.47 Å². The van der Waals surface area contributed by atoms with Crippen molar-refractivity contribution in [3.05, 3.63) is 22.7 Å². The van der Waals surface area contributed by atoms with Gasteiger partial charge in [-0.3, -0.25) is 0 Å². The zero-order chi connectivity index (χ0) is 12.6. The van der Waals surface area contributed by atoms with E-state index in [9.17, 15) is 0 Å². The molecule has 2 aliphatic rings. The maximum absolute atomic E-state index is 6.20. The fourth-order valence-electron chi connectivity index (χ4n) is 2.83. The van der Waals surface area contributed by atoms with Crippen molar-refractivity contribution in [1.29, 1.82) is 0 Å². The summed E-state index contributed by atoms with van der Waals surface area (Å²) in [5.74, 6) is 1.52. The molecular weight excluding hydrogens is 250 g/mol. The van der Waals surface area contributed by atoms with Crippen LogP contribution in [0.2, 0.25) is 5.02 Å². The van der Waals surface area contributed by atoms with Crippen LogP contribution in [0.25, 0.3) is 0 Å². The quantitative estimate of drug-likeness (QED) is 0.896. The predicted octanol–water partition coefficient (Wildman–Crippen LogP) is 2.88. The maximum Gasteiger partial charge on any atom is 0.180 e. The first-order chi connectivity index (χ1) is 8.77. The van der Waals surface area contributed by atoms with Crippen LogP contribution in [0.3, 0.4) is 0 Å². The van der Waals surface area contributed by atoms with Crippen molar-refractivity contribution in [1.82, 2.24) is 0 Å². The van der Waals surface area contributed by atoms with Gasteiger partial charge in [-0.15, -0.1) is 0 Å². The molecule has 18 heavy (non-hydrogen) atoms. The van der Waals surface area contributed by atoms with Gasteiger partial charge in [-0.1, -0.05) is 24.1 Å². The predicted molar refractivity (Wildman–Crippen MR) is 71.6 cm³/mol. The van der Waals surface area contributed by atoms with Gasteiger partial charge in [0.25, 0.3) is 0 Å². The van der Waals surface area contributed by atoms with Crippen molar-refractivity contribution in [3.63, 3.8) is 0 Å². The summed E-state index contributed by atoms with van der Waals surface area (Å²) in [6.45, 7) is 2.00. The van der Waals surface area contributed by atoms with E-state index < -0.39 is 0 Å². The van der Waals surface area contributed by atoms with Crippen molar-refractivity contribution in [2.45, 2.75) is 31.1 Å². The van der Waals surface area contributed by atoms with E-state index in [1.54, 1.807) is 0 Å². The number of nitrogens with two attached hydrogens (primary N) is 1. The SMILES string of the molecule is NCC1(c2ccc(Cl)c3c2OCCCO3)CCC1. The molecule has 0 bridgehead atoms. The van der Waals surface area contributed by atoms with E-state index in [0.717, 1.165) is 25.0 Å². The zero-order valence-corrected chi connectivity index (χ0v) is 11.1. The van der Waals surface area contributed by atoms with Crippen LogP contribution >= 0.6 is 11.6 Å². The Labute approximate surface area is 112 Å². The molecule has 0 atom stereocenters. The lowest BCUT2D eigenvalue weighted by Gasteiger charge is -2.42. The van der Waals surface area contributed by atoms with Crippen LogP contribution in [-0.2, 0) is 5.41 Å². The number of ether oxygens (including phenoxy) is 2. The highest BCUT2D eigenvalue weighted by Crippen LogP contribution is 2.51. The highest BCUT2D eigenvalue weighted by Gasteiger charge is 2.41. The van der Waals surface area contributed by atoms with Crippen LogP contribution in [0.15, 0.2) is 12.1 Å². The first-order valence-electron chi connectivity index (χ1n) is 6.55. The largest absolute Gasteiger partial charge is 0.489 e. The molecule has 1 aromatic rings. The Hall–Kier alpha value is -0.930. The number of hydrogen-bond donors (Lipinski definition) is 1. The third-order valence-corrected chi connectivity index (χ3v) is 4.42. The van der Waals surface area contributed by atoms with Crippen LogP contribution in [-0.4, -0.2) is 19.8 Å². The van der Waals surface area contributed by atoms with Crippen molar-refractivity contribution in [3.8, 4) is 11.5 Å². The van der Waals surface area contributed by atoms with Crippen LogP contribution in [0, 0.1) is 0 Å². The molecule has 0 amide bonds. The van der Waals surface area contributed by atoms with Gasteiger partial charge in [0.05, 0.1) is 18.2 Å². The third kappa shape index (κ3) is 1.77. The molecule has 1 aliphatic heterocycles. The van der Waals surface area contributed by atoms with E-state index in [4.69, 9.17) is 26.8 Å². The number of rotatable bonds is 2. The number of halogens is 1. The van der Waals surface area contributed by atoms with E-state index >= 15 is 0 Å². The van der Waals surface area contributed by atoms with Gasteiger partial charge in [0, 0.05) is 23.9 Å². The fraction of sp³-hybridized carbons (Fsp3) is 0.571. The molecule has 3 nitrogen and oxygen atoms in total. The lowest BCUT2D eigenvalue weighted by Crippen LogP contribution is -2.41. The molecule has 2 N–H and O–H groups in total. The molecule has 1 fully saturated rings. The summed E-state index contributed by atoms with van der Waals surface area (Å²) in [4.78, 5) is 0. The Morgan fingerprint density at radius 1 is 1.11 bits per heavy atom. The highest BCUT2D eigenvalue weighted by atomic mass is 35.5. The summed E-state index contributed by atoms with van der Waals surface area (Å²) in [7, 11) is 0. The maximum atomic E-state index is 6.20. The van der Waals surface area contributed by atoms with Crippen molar-refractivity contribution >= 4 is 11.6 Å². The molecule has 1 heterocycles. The lowest BCUT2D eigenvalue weighted by molar-refractivity contribution is 0.236. The fourth-order valence-corrected chi connectivity index (χ4v) is 3.03. The molecule has 1 aliphatic carbocycles. The summed E-state index contributed by atoms with van der Waals surface area (Å²) in [6, 6.07) is 3.96. The molecule has 1 saturated carbocycles. The standard InChI is InChI=1S/C14H18ClNO2/c15-11-4-3-10(14(9-16)5-1-6-14)12-13(11)18-8-2-7-17-12/h3-4H,1-2,5-9,16H2. The van der Waals surface area contributed by atoms with Crippen molar-refractivity contribution in [2.75, 3.05) is 19.8 Å². The highest BCUT2D eigenvalue weighted by molar-refractivity contribution is 6.32. The second-order valence-electron chi connectivity index (χ2n) is 5.14. The summed E-state index contributed by atoms with van der Waals surface area (Å²) in [5, 5.41) is 0.627. The topological polar surface area (TPSA) is 44.5 Å². The van der Waals surface area contributed by atoms with E-state index in [1.807, 2.05) is 6.07 Å². The molecule has 0 radical (unpaired) electrons. The Morgan fingerprint density at radius 3 is 2.44 bits per heavy atom. The van der Waals surface area contributed by atoms with Crippen LogP contribution in [0.5, 0.6) is 11.5 Å². The molecule has 3 rings (SSSR count). The van der Waals surface area contributed by atoms with Crippen LogP contribution in [0.1, 0.15) is 31.2 Å². The number of fused-ring (bicyclic) bond motifs is 1. The zero-order valence-electron chi connectivity index (χ0n) is 10.4. The van der Waals surface area contributed by atoms with Gasteiger partial charge in [-0.05, 0) is 18.9 Å². The lowest BCUT2D eigenvalue weighted by atomic mass is 9.64. The van der Waals surface area contributed by atoms with E-state index in [0.29, 0.717) is 30.5 Å². The third-order valence-electron chi connectivity index (χ3n) is 4.12. The Balaban J connectivity index is 2.10. The minimum Gasteiger partial charge on any atom is -0.489 e. The summed E-state index contributed by atoms with van der Waals surface area (Å²) < 4.78 is 11.6. The van der Waals surface area contributed by atoms with Gasteiger partial charge in [0.2, 0.25) is 0 Å². The van der Waals surface area contributed by atoms with E-state index in [2.05, 4.69) is 6.07 Å². The molecule has 0 aromatic heterocycles. The molecular formula is C14H18ClNO2. The molecule has 0 saturated heterocycles. The minimum absolute atomic E-state index is 0.0718. The van der Waals surface area contributed by atoms with Crippen molar-refractivity contribution in [2.24, 2.45) is 5.73 Å². The molecule has 4 heteroatoms. The van der Waals surface area contributed by atoms with Gasteiger partial charge in [-0.25, -0.2) is 0 Å². The first-order valence-corrected chi connectivity index (χ1v) is 6.93. The summed E-state index contributed by atoms with van der Waals surface area (Å²) in [6.07, 6.45) is 4.37. The Morgan fingerprint density at radius 2 is 1.83 bits per heavy atom. The van der Waals surface area contributed by atoms with Gasteiger partial charge in [-0.2, -0.15) is 0 Å². The monoisotopic (exact) mass is 267 g/mol. The molecule has 98 valence electrons. The Bertz CT molecular complexity index is 452. The summed E-state index contributed by atoms with van der Waals surface area (Å²) >= 11 is 6.20. The second-order valence-corrected chi connectivity index (χ2v) is 5.55. The van der Waals surface area contributed by atoms with Gasteiger partial charge in [0.1, 0.15) is 0 Å². The molecule has 0 spiro atoms. The summed E-state index contributed by atoms with van der Waals surface area (Å²) in [5.41, 5.74) is 7.23. The second kappa shape index (κ2) is 4.63. The van der Waals surface area contributed by atoms with E-state index in [1.165, 1.54) is 12.0 Å². The van der Waals surface area contributed by atoms with E-state index in [-0.39, 0.29) is 5.41 Å². The van der Waals surface area contributed by atoms with Gasteiger partial charge >= 0.3 is 0 Å². The van der Waals surface area contributed by atoms with Crippen LogP contribution in [0.4, 0.5) is 0 Å². The molecule has 1 aromatic carbocycles. The van der Waals surface area contributed by atoms with Gasteiger partial charge in [0.15, 0.2) is 11.5 Å². The molecule has 0 unspecified atom stereocenters. The number of hydrogen-bond acceptors (Lipinski definition) is 3. The first kappa shape index (κ1) is 12.1. The normalized spacial score (nSPS) is 21.0. The van der Waals surface area contributed by atoms with Gasteiger partial charge < -0.3 is 15.2 Å². The number of benzene rings is 1. The average Bonchev–Trinajstić information content (AvgIpc) is 2.57.